The smallest absolute Gasteiger partial charge is 0.227 e. The molecule has 8 aromatic carbocycles. The van der Waals surface area contributed by atoms with Gasteiger partial charge in [0.2, 0.25) is 5.89 Å². The van der Waals surface area contributed by atoms with Crippen LogP contribution in [-0.2, 0) is 0 Å². The first-order valence-corrected chi connectivity index (χ1v) is 18.9. The average molecular weight is 715 g/mol. The molecule has 5 nitrogen and oxygen atoms in total. The summed E-state index contributed by atoms with van der Waals surface area (Å²) in [6, 6.07) is 63.7. The summed E-state index contributed by atoms with van der Waals surface area (Å²) in [6.07, 6.45) is 0. The third-order valence-electron chi connectivity index (χ3n) is 11.1. The van der Waals surface area contributed by atoms with Gasteiger partial charge in [-0.15, -0.1) is 0 Å². The van der Waals surface area contributed by atoms with Gasteiger partial charge in [0.1, 0.15) is 5.52 Å². The molecule has 12 aromatic rings. The first kappa shape index (κ1) is 30.8. The van der Waals surface area contributed by atoms with Crippen molar-refractivity contribution in [1.29, 1.82) is 0 Å². The molecule has 0 aliphatic carbocycles. The number of benzene rings is 8. The van der Waals surface area contributed by atoms with E-state index in [1.807, 2.05) is 42.5 Å². The van der Waals surface area contributed by atoms with Crippen molar-refractivity contribution in [1.82, 2.24) is 19.4 Å². The maximum absolute atomic E-state index is 6.57. The molecule has 0 amide bonds. The van der Waals surface area contributed by atoms with Crippen LogP contribution >= 0.6 is 0 Å². The molecule has 0 N–H and O–H groups in total. The third-order valence-corrected chi connectivity index (χ3v) is 11.1. The minimum absolute atomic E-state index is 0.630. The summed E-state index contributed by atoms with van der Waals surface area (Å²) in [6.45, 7) is 0. The highest BCUT2D eigenvalue weighted by Crippen LogP contribution is 2.45. The molecule has 0 bridgehead atoms. The molecular weight excluding hydrogens is 685 g/mol. The van der Waals surface area contributed by atoms with E-state index < -0.39 is 0 Å². The van der Waals surface area contributed by atoms with Crippen LogP contribution in [0.1, 0.15) is 0 Å². The summed E-state index contributed by atoms with van der Waals surface area (Å²) < 4.78 is 8.96. The van der Waals surface area contributed by atoms with E-state index >= 15 is 0 Å². The highest BCUT2D eigenvalue weighted by atomic mass is 16.3. The highest BCUT2D eigenvalue weighted by molar-refractivity contribution is 6.30. The largest absolute Gasteiger partial charge is 0.435 e. The summed E-state index contributed by atoms with van der Waals surface area (Å²) >= 11 is 0. The molecule has 260 valence electrons. The van der Waals surface area contributed by atoms with Gasteiger partial charge in [-0.1, -0.05) is 127 Å². The summed E-state index contributed by atoms with van der Waals surface area (Å²) in [5, 5.41) is 5.62. The Labute approximate surface area is 321 Å². The fourth-order valence-electron chi connectivity index (χ4n) is 8.57. The molecular formula is C51H30N4O. The van der Waals surface area contributed by atoms with Crippen LogP contribution in [0.4, 0.5) is 0 Å². The van der Waals surface area contributed by atoms with E-state index in [0.717, 1.165) is 93.8 Å². The van der Waals surface area contributed by atoms with Gasteiger partial charge in [0.15, 0.2) is 11.4 Å². The lowest BCUT2D eigenvalue weighted by Crippen LogP contribution is -1.95. The Morgan fingerprint density at radius 3 is 1.84 bits per heavy atom. The third kappa shape index (κ3) is 4.64. The summed E-state index contributed by atoms with van der Waals surface area (Å²) in [7, 11) is 0. The number of fused-ring (bicyclic) bond motifs is 9. The first-order chi connectivity index (χ1) is 27.7. The van der Waals surface area contributed by atoms with E-state index in [4.69, 9.17) is 19.4 Å². The average Bonchev–Trinajstić information content (AvgIpc) is 3.95. The molecule has 4 heterocycles. The Kier molecular flexibility index (Phi) is 6.56. The minimum atomic E-state index is 0.630. The molecule has 0 fully saturated rings. The van der Waals surface area contributed by atoms with Gasteiger partial charge >= 0.3 is 0 Å². The van der Waals surface area contributed by atoms with Gasteiger partial charge in [-0.2, -0.15) is 0 Å². The second kappa shape index (κ2) is 11.9. The SMILES string of the molecule is c1ccc(-c2cccc(-c3nc(-c4cccc(-c5ccc6c(c5)c5cc7nc(-c8ccccc8)oc7c7c8ccccc8n6c57)c4)nc4ccccc34)c2)cc1. The van der Waals surface area contributed by atoms with Crippen molar-refractivity contribution >= 4 is 60.1 Å². The molecule has 0 aliphatic rings. The fourth-order valence-corrected chi connectivity index (χ4v) is 8.57. The van der Waals surface area contributed by atoms with E-state index in [9.17, 15) is 0 Å². The molecule has 0 saturated heterocycles. The lowest BCUT2D eigenvalue weighted by molar-refractivity contribution is 0.623. The number of para-hydroxylation sites is 2. The highest BCUT2D eigenvalue weighted by Gasteiger charge is 2.23. The Hall–Kier alpha value is -7.63. The maximum Gasteiger partial charge on any atom is 0.227 e. The number of rotatable bonds is 5. The van der Waals surface area contributed by atoms with Crippen molar-refractivity contribution < 1.29 is 4.42 Å². The molecule has 12 rings (SSSR count). The van der Waals surface area contributed by atoms with Crippen LogP contribution in [0.2, 0.25) is 0 Å². The summed E-state index contributed by atoms with van der Waals surface area (Å²) in [5.41, 5.74) is 14.5. The van der Waals surface area contributed by atoms with Crippen LogP contribution in [0.3, 0.4) is 0 Å². The second-order valence-corrected chi connectivity index (χ2v) is 14.4. The molecule has 5 heteroatoms. The number of oxazole rings is 1. The molecule has 0 radical (unpaired) electrons. The van der Waals surface area contributed by atoms with Crippen LogP contribution in [0.15, 0.2) is 186 Å². The maximum atomic E-state index is 6.57. The fraction of sp³-hybridized carbons (Fsp3) is 0. The van der Waals surface area contributed by atoms with Crippen molar-refractivity contribution in [2.75, 3.05) is 0 Å². The quantitative estimate of drug-likeness (QED) is 0.178. The number of aromatic nitrogens is 4. The molecule has 0 aliphatic heterocycles. The Morgan fingerprint density at radius 2 is 1.00 bits per heavy atom. The lowest BCUT2D eigenvalue weighted by Gasteiger charge is -2.12. The van der Waals surface area contributed by atoms with Crippen LogP contribution in [-0.4, -0.2) is 19.4 Å². The van der Waals surface area contributed by atoms with Gasteiger partial charge in [0, 0.05) is 38.2 Å². The molecule has 0 spiro atoms. The van der Waals surface area contributed by atoms with Gasteiger partial charge in [0.05, 0.1) is 33.1 Å². The lowest BCUT2D eigenvalue weighted by atomic mass is 9.98. The Bertz CT molecular complexity index is 3470. The number of hydrogen-bond donors (Lipinski definition) is 0. The number of nitrogens with zero attached hydrogens (tertiary/aromatic N) is 4. The molecule has 0 unspecified atom stereocenters. The van der Waals surface area contributed by atoms with Crippen molar-refractivity contribution in [3.63, 3.8) is 0 Å². The summed E-state index contributed by atoms with van der Waals surface area (Å²) in [5.74, 6) is 1.33. The van der Waals surface area contributed by atoms with Crippen molar-refractivity contribution in [3.05, 3.63) is 182 Å². The normalized spacial score (nSPS) is 11.9. The van der Waals surface area contributed by atoms with Gasteiger partial charge in [-0.3, -0.25) is 0 Å². The van der Waals surface area contributed by atoms with Crippen LogP contribution in [0.25, 0.3) is 116 Å². The molecule has 4 aromatic heterocycles. The standard InChI is InChI=1S/C51H30N4O/c1-3-13-31(14-4-1)33-17-11-19-36(27-33)47-38-21-7-9-23-42(38)52-50(54-47)37-20-12-18-34(28-37)35-25-26-45-40(29-35)41-30-43-49(56-51(53-43)32-15-5-2-6-16-32)46-39-22-8-10-24-44(39)55(45)48(41)46/h1-30H. The van der Waals surface area contributed by atoms with E-state index in [1.165, 1.54) is 10.9 Å². The molecule has 0 saturated carbocycles. The Morgan fingerprint density at radius 1 is 0.375 bits per heavy atom. The van der Waals surface area contributed by atoms with Crippen LogP contribution in [0.5, 0.6) is 0 Å². The topological polar surface area (TPSA) is 56.2 Å². The minimum Gasteiger partial charge on any atom is -0.435 e. The van der Waals surface area contributed by atoms with Gasteiger partial charge in [-0.25, -0.2) is 15.0 Å². The zero-order valence-corrected chi connectivity index (χ0v) is 30.0. The van der Waals surface area contributed by atoms with E-state index in [1.54, 1.807) is 0 Å². The summed E-state index contributed by atoms with van der Waals surface area (Å²) in [4.78, 5) is 15.4. The van der Waals surface area contributed by atoms with Crippen LogP contribution in [0, 0.1) is 0 Å². The van der Waals surface area contributed by atoms with E-state index in [0.29, 0.717) is 11.7 Å². The van der Waals surface area contributed by atoms with Crippen molar-refractivity contribution in [2.45, 2.75) is 0 Å². The zero-order chi connectivity index (χ0) is 36.7. The first-order valence-electron chi connectivity index (χ1n) is 18.9. The second-order valence-electron chi connectivity index (χ2n) is 14.4. The molecule has 56 heavy (non-hydrogen) atoms. The van der Waals surface area contributed by atoms with Gasteiger partial charge < -0.3 is 8.82 Å². The van der Waals surface area contributed by atoms with E-state index in [2.05, 4.69) is 144 Å². The zero-order valence-electron chi connectivity index (χ0n) is 30.0. The Balaban J connectivity index is 1.02. The number of hydrogen-bond acceptors (Lipinski definition) is 4. The predicted molar refractivity (Wildman–Crippen MR) is 229 cm³/mol. The van der Waals surface area contributed by atoms with Crippen molar-refractivity contribution in [3.8, 4) is 56.4 Å². The predicted octanol–water partition coefficient (Wildman–Crippen LogP) is 13.3. The van der Waals surface area contributed by atoms with E-state index in [-0.39, 0.29) is 0 Å². The monoisotopic (exact) mass is 714 g/mol. The molecule has 0 atom stereocenters. The van der Waals surface area contributed by atoms with Gasteiger partial charge in [0.25, 0.3) is 0 Å². The van der Waals surface area contributed by atoms with Crippen LogP contribution < -0.4 is 0 Å². The van der Waals surface area contributed by atoms with Crippen molar-refractivity contribution in [2.24, 2.45) is 0 Å². The van der Waals surface area contributed by atoms with Gasteiger partial charge in [-0.05, 0) is 76.9 Å².